The van der Waals surface area contributed by atoms with Crippen molar-refractivity contribution in [1.82, 2.24) is 20.0 Å². The Hall–Kier alpha value is -3.99. The molecule has 0 radical (unpaired) electrons. The summed E-state index contributed by atoms with van der Waals surface area (Å²) >= 11 is 6.08. The number of ketones is 1. The van der Waals surface area contributed by atoms with E-state index in [1.54, 1.807) is 12.3 Å². The number of aliphatic hydroxyl groups excluding tert-OH is 1. The second kappa shape index (κ2) is 11.5. The maximum atomic E-state index is 14.7. The van der Waals surface area contributed by atoms with Gasteiger partial charge in [-0.15, -0.1) is 0 Å². The quantitative estimate of drug-likeness (QED) is 0.240. The number of nitrogens with zero attached hydrogens (tertiary/aromatic N) is 3. The number of rotatable bonds is 8. The van der Waals surface area contributed by atoms with Crippen LogP contribution in [0.5, 0.6) is 11.5 Å². The van der Waals surface area contributed by atoms with Crippen LogP contribution < -0.4 is 14.8 Å². The molecule has 2 atom stereocenters. The van der Waals surface area contributed by atoms with Crippen LogP contribution in [0.15, 0.2) is 60.8 Å². The van der Waals surface area contributed by atoms with Gasteiger partial charge in [0, 0.05) is 17.8 Å². The Morgan fingerprint density at radius 3 is 2.61 bits per heavy atom. The summed E-state index contributed by atoms with van der Waals surface area (Å²) in [6.07, 6.45) is 2.29. The molecular formula is C30H28ClFN4O5. The molecule has 6 rings (SSSR count). The molecule has 9 nitrogen and oxygen atoms in total. The minimum atomic E-state index is -1.30. The van der Waals surface area contributed by atoms with E-state index in [1.165, 1.54) is 22.9 Å². The molecule has 0 spiro atoms. The highest BCUT2D eigenvalue weighted by atomic mass is 35.5. The molecule has 0 bridgehead atoms. The lowest BCUT2D eigenvalue weighted by Gasteiger charge is -2.29. The Kier molecular flexibility index (Phi) is 7.61. The third-order valence-corrected chi connectivity index (χ3v) is 7.63. The van der Waals surface area contributed by atoms with Gasteiger partial charge < -0.3 is 24.8 Å². The average molecular weight is 579 g/mol. The van der Waals surface area contributed by atoms with Crippen molar-refractivity contribution in [1.29, 1.82) is 0 Å². The van der Waals surface area contributed by atoms with Crippen molar-refractivity contribution < 1.29 is 28.6 Å². The van der Waals surface area contributed by atoms with Gasteiger partial charge in [-0.25, -0.2) is 9.07 Å². The molecule has 0 saturated carbocycles. The van der Waals surface area contributed by atoms with Gasteiger partial charge >= 0.3 is 0 Å². The number of carbonyl (C=O) groups is 2. The third-order valence-electron chi connectivity index (χ3n) is 7.39. The fourth-order valence-corrected chi connectivity index (χ4v) is 5.47. The number of benzene rings is 3. The lowest BCUT2D eigenvalue weighted by atomic mass is 10.00. The van der Waals surface area contributed by atoms with Gasteiger partial charge in [0.15, 0.2) is 17.3 Å². The average Bonchev–Trinajstić information content (AvgIpc) is 3.68. The number of nitrogens with one attached hydrogen (secondary N) is 1. The summed E-state index contributed by atoms with van der Waals surface area (Å²) in [5, 5.41) is 20.8. The summed E-state index contributed by atoms with van der Waals surface area (Å²) in [4.78, 5) is 28.4. The third kappa shape index (κ3) is 5.76. The Bertz CT molecular complexity index is 1620. The highest BCUT2D eigenvalue weighted by molar-refractivity contribution is 6.42. The standard InChI is InChI=1S/C30H28ClFN4O5/c31-21-5-3-19-14-22(6-4-18(19)13-21)36-10-7-24(34-36)28(38)30(39)33-25(17-35-8-1-2-9-35)27(37)20-15-23(32)29-26(16-20)40-11-12-41-29/h3-7,10,13-16,25,27,37H,1-2,8-9,11-12,17H2,(H,33,39)/t25-,27-/m1/s1. The Morgan fingerprint density at radius 2 is 1.78 bits per heavy atom. The van der Waals surface area contributed by atoms with E-state index in [4.69, 9.17) is 21.1 Å². The molecule has 212 valence electrons. The molecule has 1 saturated heterocycles. The number of halogens is 2. The highest BCUT2D eigenvalue weighted by Crippen LogP contribution is 2.36. The van der Waals surface area contributed by atoms with Gasteiger partial charge in [0.2, 0.25) is 0 Å². The first-order valence-corrected chi connectivity index (χ1v) is 13.8. The van der Waals surface area contributed by atoms with Crippen molar-refractivity contribution in [3.8, 4) is 17.2 Å². The fourth-order valence-electron chi connectivity index (χ4n) is 5.29. The number of aliphatic hydroxyl groups is 1. The van der Waals surface area contributed by atoms with Gasteiger partial charge in [-0.1, -0.05) is 23.7 Å². The minimum absolute atomic E-state index is 0.00620. The number of carbonyl (C=O) groups excluding carboxylic acids is 2. The predicted octanol–water partition coefficient (Wildman–Crippen LogP) is 4.09. The normalized spacial score (nSPS) is 16.5. The zero-order valence-corrected chi connectivity index (χ0v) is 22.8. The van der Waals surface area contributed by atoms with Gasteiger partial charge in [-0.3, -0.25) is 9.59 Å². The zero-order chi connectivity index (χ0) is 28.5. The molecule has 0 unspecified atom stereocenters. The van der Waals surface area contributed by atoms with E-state index in [1.807, 2.05) is 30.3 Å². The van der Waals surface area contributed by atoms with Gasteiger partial charge in [0.25, 0.3) is 11.7 Å². The largest absolute Gasteiger partial charge is 0.486 e. The Morgan fingerprint density at radius 1 is 1.02 bits per heavy atom. The van der Waals surface area contributed by atoms with Crippen molar-refractivity contribution in [3.05, 3.63) is 82.9 Å². The molecule has 3 aromatic carbocycles. The molecule has 1 aromatic heterocycles. The molecule has 2 aliphatic rings. The van der Waals surface area contributed by atoms with E-state index in [0.29, 0.717) is 10.7 Å². The molecule has 41 heavy (non-hydrogen) atoms. The highest BCUT2D eigenvalue weighted by Gasteiger charge is 2.31. The van der Waals surface area contributed by atoms with Crippen LogP contribution in [-0.2, 0) is 4.79 Å². The van der Waals surface area contributed by atoms with Crippen molar-refractivity contribution in [2.24, 2.45) is 0 Å². The van der Waals surface area contributed by atoms with Gasteiger partial charge in [0.05, 0.1) is 11.7 Å². The maximum Gasteiger partial charge on any atom is 0.294 e. The monoisotopic (exact) mass is 578 g/mol. The minimum Gasteiger partial charge on any atom is -0.486 e. The Labute approximate surface area is 240 Å². The van der Waals surface area contributed by atoms with Crippen molar-refractivity contribution in [2.75, 3.05) is 32.8 Å². The van der Waals surface area contributed by atoms with Crippen molar-refractivity contribution in [3.63, 3.8) is 0 Å². The molecule has 4 aromatic rings. The second-order valence-electron chi connectivity index (χ2n) is 10.2. The summed E-state index contributed by atoms with van der Waals surface area (Å²) in [5.74, 6) is -2.24. The molecule has 11 heteroatoms. The number of amides is 1. The smallest absolute Gasteiger partial charge is 0.294 e. The summed E-state index contributed by atoms with van der Waals surface area (Å²) in [6, 6.07) is 14.4. The van der Waals surface area contributed by atoms with Crippen LogP contribution in [0.4, 0.5) is 4.39 Å². The number of ether oxygens (including phenoxy) is 2. The molecule has 2 aliphatic heterocycles. The van der Waals surface area contributed by atoms with Crippen LogP contribution >= 0.6 is 11.6 Å². The molecule has 2 N–H and O–H groups in total. The lowest BCUT2D eigenvalue weighted by molar-refractivity contribution is -0.118. The first-order chi connectivity index (χ1) is 19.9. The van der Waals surface area contributed by atoms with E-state index < -0.39 is 29.7 Å². The molecule has 3 heterocycles. The maximum absolute atomic E-state index is 14.7. The van der Waals surface area contributed by atoms with E-state index in [0.717, 1.165) is 36.7 Å². The van der Waals surface area contributed by atoms with Crippen LogP contribution in [0.3, 0.4) is 0 Å². The van der Waals surface area contributed by atoms with E-state index in [-0.39, 0.29) is 42.5 Å². The number of likely N-dealkylation sites (tertiary alicyclic amines) is 1. The molecule has 1 fully saturated rings. The number of aromatic nitrogens is 2. The Balaban J connectivity index is 1.21. The number of hydrogen-bond acceptors (Lipinski definition) is 7. The van der Waals surface area contributed by atoms with Crippen LogP contribution in [-0.4, -0.2) is 70.4 Å². The molecule has 0 aliphatic carbocycles. The van der Waals surface area contributed by atoms with Crippen molar-refractivity contribution in [2.45, 2.75) is 25.0 Å². The van der Waals surface area contributed by atoms with Gasteiger partial charge in [-0.2, -0.15) is 5.10 Å². The van der Waals surface area contributed by atoms with Crippen molar-refractivity contribution >= 4 is 34.1 Å². The second-order valence-corrected chi connectivity index (χ2v) is 10.6. The van der Waals surface area contributed by atoms with Crippen LogP contribution in [0.1, 0.15) is 35.0 Å². The molecular weight excluding hydrogens is 551 g/mol. The summed E-state index contributed by atoms with van der Waals surface area (Å²) in [5.41, 5.74) is 0.881. The summed E-state index contributed by atoms with van der Waals surface area (Å²) in [6.45, 7) is 2.36. The number of fused-ring (bicyclic) bond motifs is 2. The number of hydrogen-bond donors (Lipinski definition) is 2. The van der Waals surface area contributed by atoms with Gasteiger partial charge in [-0.05, 0) is 84.7 Å². The topological polar surface area (TPSA) is 106 Å². The first-order valence-electron chi connectivity index (χ1n) is 13.5. The van der Waals surface area contributed by atoms with Crippen LogP contribution in [0.2, 0.25) is 5.02 Å². The van der Waals surface area contributed by atoms with Crippen LogP contribution in [0.25, 0.3) is 16.5 Å². The van der Waals surface area contributed by atoms with Crippen LogP contribution in [0, 0.1) is 5.82 Å². The van der Waals surface area contributed by atoms with Gasteiger partial charge in [0.1, 0.15) is 25.0 Å². The predicted molar refractivity (Wildman–Crippen MR) is 150 cm³/mol. The SMILES string of the molecule is O=C(N[C@H](CN1CCCC1)[C@H](O)c1cc(F)c2c(c1)OCCO2)C(=O)c1ccn(-c2ccc3cc(Cl)ccc3c2)n1. The lowest BCUT2D eigenvalue weighted by Crippen LogP contribution is -2.48. The molecule has 1 amide bonds. The van der Waals surface area contributed by atoms with E-state index in [9.17, 15) is 19.1 Å². The fraction of sp³-hybridized carbons (Fsp3) is 0.300. The first kappa shape index (κ1) is 27.2. The summed E-state index contributed by atoms with van der Waals surface area (Å²) < 4.78 is 27.1. The summed E-state index contributed by atoms with van der Waals surface area (Å²) in [7, 11) is 0. The van der Waals surface area contributed by atoms with E-state index in [2.05, 4.69) is 15.3 Å². The zero-order valence-electron chi connectivity index (χ0n) is 22.1. The number of Topliss-reactive ketones (excluding diaryl/α,β-unsaturated/α-hetero) is 1. The van der Waals surface area contributed by atoms with E-state index >= 15 is 0 Å².